The number of hydrogen-bond donors (Lipinski definition) is 4. The normalized spacial score (nSPS) is 16.3. The van der Waals surface area contributed by atoms with Crippen LogP contribution in [0.4, 0.5) is 0 Å². The number of carbonyl (C=O) groups excluding carboxylic acids is 4. The lowest BCUT2D eigenvalue weighted by atomic mass is 10.2. The maximum absolute atomic E-state index is 12.4. The first-order valence-electron chi connectivity index (χ1n) is 10.4. The number of rotatable bonds is 0. The Hall–Kier alpha value is -3.82. The first kappa shape index (κ1) is 22.9. The number of hydrogen-bond acceptors (Lipinski definition) is 6. The van der Waals surface area contributed by atoms with Crippen molar-refractivity contribution in [2.45, 2.75) is 26.7 Å². The topological polar surface area (TPSA) is 142 Å². The molecule has 0 saturated heterocycles. The zero-order valence-electron chi connectivity index (χ0n) is 18.1. The van der Waals surface area contributed by atoms with Gasteiger partial charge in [0.25, 0.3) is 23.6 Å². The van der Waals surface area contributed by atoms with E-state index in [2.05, 4.69) is 31.2 Å². The van der Waals surface area contributed by atoms with Gasteiger partial charge >= 0.3 is 0 Å². The molecule has 0 atom stereocenters. The molecule has 4 N–H and O–H groups in total. The lowest BCUT2D eigenvalue weighted by Crippen LogP contribution is -2.33. The lowest BCUT2D eigenvalue weighted by molar-refractivity contribution is 0.0938. The second-order valence-corrected chi connectivity index (χ2v) is 7.56. The van der Waals surface area contributed by atoms with Crippen molar-refractivity contribution in [2.24, 2.45) is 0 Å². The molecular formula is C22H26N6O4. The van der Waals surface area contributed by atoms with E-state index >= 15 is 0 Å². The summed E-state index contributed by atoms with van der Waals surface area (Å²) in [7, 11) is 0. The smallest absolute Gasteiger partial charge is 0.269 e. The molecule has 10 heteroatoms. The highest BCUT2D eigenvalue weighted by Gasteiger charge is 2.16. The largest absolute Gasteiger partial charge is 0.351 e. The molecular weight excluding hydrogens is 412 g/mol. The van der Waals surface area contributed by atoms with Crippen molar-refractivity contribution in [1.82, 2.24) is 31.2 Å². The van der Waals surface area contributed by atoms with Crippen molar-refractivity contribution in [3.05, 3.63) is 58.2 Å². The van der Waals surface area contributed by atoms with E-state index < -0.39 is 23.6 Å². The number of nitrogens with one attached hydrogen (secondary N) is 4. The van der Waals surface area contributed by atoms with Gasteiger partial charge in [-0.15, -0.1) is 0 Å². The van der Waals surface area contributed by atoms with E-state index in [1.807, 2.05) is 0 Å². The van der Waals surface area contributed by atoms with Crippen LogP contribution in [0.2, 0.25) is 0 Å². The highest BCUT2D eigenvalue weighted by molar-refractivity contribution is 5.97. The van der Waals surface area contributed by atoms with Crippen LogP contribution in [-0.4, -0.2) is 59.8 Å². The zero-order valence-corrected chi connectivity index (χ0v) is 18.1. The molecule has 3 rings (SSSR count). The van der Waals surface area contributed by atoms with Gasteiger partial charge in [0.1, 0.15) is 22.8 Å². The summed E-state index contributed by atoms with van der Waals surface area (Å²) in [5.41, 5.74) is 2.08. The van der Waals surface area contributed by atoms with Crippen LogP contribution in [0.25, 0.3) is 0 Å². The first-order valence-corrected chi connectivity index (χ1v) is 10.4. The minimum absolute atomic E-state index is 0.150. The average Bonchev–Trinajstić information content (AvgIpc) is 2.76. The van der Waals surface area contributed by atoms with Crippen LogP contribution in [0.1, 0.15) is 65.9 Å². The number of aryl methyl sites for hydroxylation is 2. The molecule has 32 heavy (non-hydrogen) atoms. The Kier molecular flexibility index (Phi) is 7.48. The fraction of sp³-hybridized carbons (Fsp3) is 0.364. The molecule has 10 nitrogen and oxygen atoms in total. The van der Waals surface area contributed by atoms with Crippen LogP contribution in [-0.2, 0) is 0 Å². The molecule has 4 bridgehead atoms. The van der Waals surface area contributed by atoms with E-state index in [0.717, 1.165) is 11.1 Å². The van der Waals surface area contributed by atoms with Gasteiger partial charge in [-0.1, -0.05) is 0 Å². The summed E-state index contributed by atoms with van der Waals surface area (Å²) in [6, 6.07) is 6.43. The van der Waals surface area contributed by atoms with Gasteiger partial charge in [0, 0.05) is 26.2 Å². The van der Waals surface area contributed by atoms with Gasteiger partial charge in [-0.3, -0.25) is 19.2 Å². The van der Waals surface area contributed by atoms with Gasteiger partial charge in [0.15, 0.2) is 0 Å². The van der Waals surface area contributed by atoms with Gasteiger partial charge in [-0.05, 0) is 62.1 Å². The number of pyridine rings is 2. The van der Waals surface area contributed by atoms with Crippen LogP contribution >= 0.6 is 0 Å². The Balaban J connectivity index is 1.76. The van der Waals surface area contributed by atoms with Crippen LogP contribution in [0.3, 0.4) is 0 Å². The molecule has 0 aliphatic carbocycles. The van der Waals surface area contributed by atoms with Crippen molar-refractivity contribution >= 4 is 23.6 Å². The highest BCUT2D eigenvalue weighted by atomic mass is 16.2. The van der Waals surface area contributed by atoms with Crippen molar-refractivity contribution in [1.29, 1.82) is 0 Å². The monoisotopic (exact) mass is 438 g/mol. The summed E-state index contributed by atoms with van der Waals surface area (Å²) in [5.74, 6) is -1.57. The van der Waals surface area contributed by atoms with Gasteiger partial charge < -0.3 is 21.3 Å². The number of aromatic nitrogens is 2. The molecule has 0 spiro atoms. The second-order valence-electron chi connectivity index (χ2n) is 7.56. The van der Waals surface area contributed by atoms with Gasteiger partial charge in [0.2, 0.25) is 0 Å². The molecule has 3 heterocycles. The van der Waals surface area contributed by atoms with Crippen LogP contribution in [0.15, 0.2) is 24.3 Å². The summed E-state index contributed by atoms with van der Waals surface area (Å²) in [5, 5.41) is 11.0. The standard InChI is InChI=1S/C22H26N6O4/c1-13-9-15-19(29)23-5-3-7-25-21(31)17-11-14(2)12-18(28-17)22(32)26-8-4-6-24-20(30)16(10-13)27-15/h9-12H,3-8H2,1-2H3,(H,23,29)(H,24,30)(H,25,31)(H,26,32). The molecule has 1 aliphatic heterocycles. The fourth-order valence-corrected chi connectivity index (χ4v) is 3.15. The predicted octanol–water partition coefficient (Wildman–Crippen LogP) is 0.507. The fourth-order valence-electron chi connectivity index (χ4n) is 3.15. The third-order valence-corrected chi connectivity index (χ3v) is 4.72. The maximum Gasteiger partial charge on any atom is 0.269 e. The van der Waals surface area contributed by atoms with E-state index in [0.29, 0.717) is 39.0 Å². The third kappa shape index (κ3) is 6.10. The predicted molar refractivity (Wildman–Crippen MR) is 117 cm³/mol. The summed E-state index contributed by atoms with van der Waals surface area (Å²) < 4.78 is 0. The molecule has 0 fully saturated rings. The van der Waals surface area contributed by atoms with Crippen molar-refractivity contribution < 1.29 is 19.2 Å². The number of amides is 4. The average molecular weight is 438 g/mol. The van der Waals surface area contributed by atoms with Crippen molar-refractivity contribution in [2.75, 3.05) is 26.2 Å². The van der Waals surface area contributed by atoms with E-state index in [1.165, 1.54) is 0 Å². The van der Waals surface area contributed by atoms with Crippen molar-refractivity contribution in [3.63, 3.8) is 0 Å². The van der Waals surface area contributed by atoms with Gasteiger partial charge in [0.05, 0.1) is 0 Å². The quantitative estimate of drug-likeness (QED) is 0.472. The molecule has 4 amide bonds. The first-order chi connectivity index (χ1) is 15.3. The second kappa shape index (κ2) is 10.5. The van der Waals surface area contributed by atoms with Gasteiger partial charge in [-0.25, -0.2) is 9.97 Å². The van der Waals surface area contributed by atoms with E-state index in [9.17, 15) is 19.2 Å². The number of nitrogens with zero attached hydrogens (tertiary/aromatic N) is 2. The molecule has 0 aromatic carbocycles. The lowest BCUT2D eigenvalue weighted by Gasteiger charge is -2.11. The summed E-state index contributed by atoms with van der Waals surface area (Å²) in [6.07, 6.45) is 0.964. The van der Waals surface area contributed by atoms with Crippen molar-refractivity contribution in [3.8, 4) is 0 Å². The van der Waals surface area contributed by atoms with E-state index in [1.54, 1.807) is 38.1 Å². The zero-order chi connectivity index (χ0) is 23.1. The van der Waals surface area contributed by atoms with Gasteiger partial charge in [-0.2, -0.15) is 0 Å². The Morgan fingerprint density at radius 1 is 0.531 bits per heavy atom. The molecule has 0 radical (unpaired) electrons. The number of carbonyl (C=O) groups is 4. The Morgan fingerprint density at radius 2 is 0.781 bits per heavy atom. The minimum Gasteiger partial charge on any atom is -0.351 e. The molecule has 168 valence electrons. The summed E-state index contributed by atoms with van der Waals surface area (Å²) >= 11 is 0. The Morgan fingerprint density at radius 3 is 1.03 bits per heavy atom. The highest BCUT2D eigenvalue weighted by Crippen LogP contribution is 2.07. The molecule has 0 saturated carbocycles. The molecule has 2 aromatic heterocycles. The molecule has 1 aliphatic rings. The number of fused-ring (bicyclic) bond motifs is 4. The van der Waals surface area contributed by atoms with Crippen LogP contribution in [0, 0.1) is 13.8 Å². The maximum atomic E-state index is 12.4. The SMILES string of the molecule is Cc1cc2nc(c1)C(=O)NCCCNC(=O)c1cc(C)cc(n1)C(=O)NCCCNC2=O. The Bertz CT molecular complexity index is 897. The summed E-state index contributed by atoms with van der Waals surface area (Å²) in [4.78, 5) is 58.0. The molecule has 2 aromatic rings. The summed E-state index contributed by atoms with van der Waals surface area (Å²) in [6.45, 7) is 4.80. The Labute approximate surface area is 185 Å². The molecule has 0 unspecified atom stereocenters. The van der Waals surface area contributed by atoms with E-state index in [4.69, 9.17) is 0 Å². The third-order valence-electron chi connectivity index (χ3n) is 4.72. The van der Waals surface area contributed by atoms with Crippen LogP contribution < -0.4 is 21.3 Å². The minimum atomic E-state index is -0.392. The van der Waals surface area contributed by atoms with E-state index in [-0.39, 0.29) is 22.8 Å². The van der Waals surface area contributed by atoms with Crippen LogP contribution in [0.5, 0.6) is 0 Å².